The van der Waals surface area contributed by atoms with Crippen molar-refractivity contribution in [1.29, 1.82) is 0 Å². The summed E-state index contributed by atoms with van der Waals surface area (Å²) in [5, 5.41) is 9.70. The first kappa shape index (κ1) is 81.3. The summed E-state index contributed by atoms with van der Waals surface area (Å²) in [5.74, 6) is -0.642. The largest absolute Gasteiger partial charge is 0.462 e. The predicted octanol–water partition coefficient (Wildman–Crippen LogP) is 25.2. The molecule has 0 rings (SSSR count). The topological polar surface area (TPSA) is 72.8 Å². The van der Waals surface area contributed by atoms with Crippen LogP contribution in [0.4, 0.5) is 0 Å². The summed E-state index contributed by atoms with van der Waals surface area (Å²) >= 11 is 0. The summed E-state index contributed by atoms with van der Waals surface area (Å²) < 4.78 is 10.7. The highest BCUT2D eigenvalue weighted by Gasteiger charge is 2.16. The molecule has 5 heteroatoms. The number of allylic oxidation sites excluding steroid dienone is 28. The van der Waals surface area contributed by atoms with Gasteiger partial charge in [-0.2, -0.15) is 0 Å². The Morgan fingerprint density at radius 2 is 0.465 bits per heavy atom. The van der Waals surface area contributed by atoms with E-state index in [1.807, 2.05) is 0 Å². The van der Waals surface area contributed by atoms with E-state index >= 15 is 0 Å². The molecule has 86 heavy (non-hydrogen) atoms. The molecule has 0 aliphatic carbocycles. The minimum absolute atomic E-state index is 0.0907. The van der Waals surface area contributed by atoms with Gasteiger partial charge >= 0.3 is 11.9 Å². The van der Waals surface area contributed by atoms with E-state index in [1.54, 1.807) is 0 Å². The fraction of sp³-hybridized carbons (Fsp3) is 0.630. The number of hydrogen-bond donors (Lipinski definition) is 1. The Labute approximate surface area is 532 Å². The monoisotopic (exact) mass is 1190 g/mol. The number of rotatable bonds is 64. The molecule has 0 radical (unpaired) electrons. The first-order valence-electron chi connectivity index (χ1n) is 35.7. The van der Waals surface area contributed by atoms with Crippen LogP contribution in [0.1, 0.15) is 309 Å². The maximum atomic E-state index is 12.3. The fourth-order valence-electron chi connectivity index (χ4n) is 9.75. The van der Waals surface area contributed by atoms with E-state index in [0.29, 0.717) is 12.8 Å². The molecule has 0 fully saturated rings. The molecule has 0 aromatic carbocycles. The van der Waals surface area contributed by atoms with Crippen LogP contribution in [0, 0.1) is 0 Å². The van der Waals surface area contributed by atoms with Crippen LogP contribution in [-0.4, -0.2) is 36.4 Å². The zero-order valence-electron chi connectivity index (χ0n) is 55.8. The van der Waals surface area contributed by atoms with Crippen molar-refractivity contribution in [3.05, 3.63) is 170 Å². The van der Waals surface area contributed by atoms with Gasteiger partial charge in [0.1, 0.15) is 6.61 Å². The summed E-state index contributed by atoms with van der Waals surface area (Å²) in [5.41, 5.74) is 0. The van der Waals surface area contributed by atoms with Gasteiger partial charge in [-0.05, 0) is 128 Å². The van der Waals surface area contributed by atoms with E-state index in [1.165, 1.54) is 154 Å². The van der Waals surface area contributed by atoms with Crippen molar-refractivity contribution in [1.82, 2.24) is 0 Å². The van der Waals surface area contributed by atoms with Crippen LogP contribution in [0.5, 0.6) is 0 Å². The molecule has 0 aromatic rings. The molecule has 0 aliphatic heterocycles. The van der Waals surface area contributed by atoms with E-state index in [-0.39, 0.29) is 25.2 Å². The van der Waals surface area contributed by atoms with Gasteiger partial charge in [0.15, 0.2) is 6.10 Å². The van der Waals surface area contributed by atoms with E-state index in [4.69, 9.17) is 9.47 Å². The van der Waals surface area contributed by atoms with Crippen LogP contribution in [0.3, 0.4) is 0 Å². The average molecular weight is 1190 g/mol. The van der Waals surface area contributed by atoms with Crippen molar-refractivity contribution in [3.63, 3.8) is 0 Å². The maximum absolute atomic E-state index is 12.3. The molecule has 1 N–H and O–H groups in total. The molecule has 0 aromatic heterocycles. The van der Waals surface area contributed by atoms with Gasteiger partial charge < -0.3 is 14.6 Å². The Hall–Kier alpha value is -4.74. The van der Waals surface area contributed by atoms with Gasteiger partial charge in [0, 0.05) is 12.8 Å². The number of unbranched alkanes of at least 4 members (excludes halogenated alkanes) is 28. The normalized spacial score (nSPS) is 13.3. The molecule has 0 spiro atoms. The van der Waals surface area contributed by atoms with Crippen LogP contribution in [0.15, 0.2) is 170 Å². The van der Waals surface area contributed by atoms with Gasteiger partial charge in [-0.25, -0.2) is 0 Å². The average Bonchev–Trinajstić information content (AvgIpc) is 3.55. The summed E-state index contributed by atoms with van der Waals surface area (Å²) in [4.78, 5) is 24.6. The number of aliphatic hydroxyl groups excluding tert-OH is 1. The lowest BCUT2D eigenvalue weighted by Gasteiger charge is -2.15. The molecule has 0 bridgehead atoms. The lowest BCUT2D eigenvalue weighted by Crippen LogP contribution is -2.28. The summed E-state index contributed by atoms with van der Waals surface area (Å²) in [7, 11) is 0. The minimum Gasteiger partial charge on any atom is -0.462 e. The number of carbonyl (C=O) groups excluding carboxylic acids is 2. The number of carbonyl (C=O) groups is 2. The van der Waals surface area contributed by atoms with Crippen molar-refractivity contribution in [2.45, 2.75) is 315 Å². The van der Waals surface area contributed by atoms with Crippen LogP contribution >= 0.6 is 0 Å². The third kappa shape index (κ3) is 71.7. The molecular formula is C81H132O5. The Bertz CT molecular complexity index is 1870. The third-order valence-electron chi connectivity index (χ3n) is 15.0. The smallest absolute Gasteiger partial charge is 0.306 e. The standard InChI is InChI=1S/C81H132O5/c1-3-5-7-9-11-13-15-17-19-21-23-25-27-29-31-33-35-37-38-39-40-41-42-44-45-47-49-51-53-55-57-59-61-63-65-67-69-71-73-75-80(83)85-78-79(77-82)86-81(84)76-74-72-70-68-66-64-62-60-58-56-54-52-50-48-46-43-36-34-32-30-28-26-24-22-20-18-16-14-12-10-8-6-4-2/h5-8,11-14,17-20,23-26,30,32,36,43,48,50,54,56,60,62,66,68,79,82H,3-4,9-10,15-16,21-22,27-29,31,33-35,37-42,44-47,49,51-53,55,57-59,61,63-65,67,69-78H2,1-2H3/b7-5-,8-6-,13-11-,14-12-,19-17-,20-18-,25-23-,26-24-,32-30-,43-36-,50-48-,56-54-,62-60-,68-66-. The van der Waals surface area contributed by atoms with Gasteiger partial charge in [0.05, 0.1) is 6.61 Å². The zero-order valence-corrected chi connectivity index (χ0v) is 55.8. The van der Waals surface area contributed by atoms with Crippen molar-refractivity contribution in [3.8, 4) is 0 Å². The summed E-state index contributed by atoms with van der Waals surface area (Å²) in [6.07, 6.45) is 115. The Morgan fingerprint density at radius 1 is 0.267 bits per heavy atom. The number of esters is 2. The second kappa shape index (κ2) is 74.5. The Morgan fingerprint density at radius 3 is 0.721 bits per heavy atom. The molecule has 1 unspecified atom stereocenters. The molecule has 5 nitrogen and oxygen atoms in total. The van der Waals surface area contributed by atoms with Crippen LogP contribution < -0.4 is 0 Å². The molecule has 486 valence electrons. The van der Waals surface area contributed by atoms with Gasteiger partial charge in [0.25, 0.3) is 0 Å². The molecule has 0 aliphatic rings. The fourth-order valence-corrected chi connectivity index (χ4v) is 9.75. The quantitative estimate of drug-likeness (QED) is 0.0373. The first-order valence-corrected chi connectivity index (χ1v) is 35.7. The van der Waals surface area contributed by atoms with E-state index < -0.39 is 6.10 Å². The van der Waals surface area contributed by atoms with Gasteiger partial charge in [-0.1, -0.05) is 338 Å². The van der Waals surface area contributed by atoms with Gasteiger partial charge in [-0.15, -0.1) is 0 Å². The highest BCUT2D eigenvalue weighted by Crippen LogP contribution is 2.17. The number of hydrogen-bond acceptors (Lipinski definition) is 5. The second-order valence-electron chi connectivity index (χ2n) is 23.2. The number of ether oxygens (including phenoxy) is 2. The van der Waals surface area contributed by atoms with Crippen LogP contribution in [0.25, 0.3) is 0 Å². The highest BCUT2D eigenvalue weighted by molar-refractivity contribution is 5.70. The lowest BCUT2D eigenvalue weighted by molar-refractivity contribution is -0.161. The van der Waals surface area contributed by atoms with Crippen molar-refractivity contribution >= 4 is 11.9 Å². The van der Waals surface area contributed by atoms with E-state index in [2.05, 4.69) is 184 Å². The summed E-state index contributed by atoms with van der Waals surface area (Å²) in [6.45, 7) is 3.89. The van der Waals surface area contributed by atoms with Gasteiger partial charge in [-0.3, -0.25) is 9.59 Å². The molecular weight excluding hydrogens is 1050 g/mol. The molecule has 0 saturated carbocycles. The second-order valence-corrected chi connectivity index (χ2v) is 23.2. The minimum atomic E-state index is -0.807. The first-order chi connectivity index (χ1) is 42.6. The van der Waals surface area contributed by atoms with Crippen molar-refractivity contribution in [2.75, 3.05) is 13.2 Å². The van der Waals surface area contributed by atoms with Gasteiger partial charge in [0.2, 0.25) is 0 Å². The third-order valence-corrected chi connectivity index (χ3v) is 15.0. The maximum Gasteiger partial charge on any atom is 0.306 e. The molecule has 0 amide bonds. The van der Waals surface area contributed by atoms with Crippen molar-refractivity contribution < 1.29 is 24.2 Å². The van der Waals surface area contributed by atoms with Crippen LogP contribution in [-0.2, 0) is 19.1 Å². The lowest BCUT2D eigenvalue weighted by atomic mass is 10.0. The Kier molecular flexibility index (Phi) is 70.4. The summed E-state index contributed by atoms with van der Waals surface area (Å²) in [6, 6.07) is 0. The SMILES string of the molecule is CC/C=C\C/C=C\C/C=C\C/C=C\C/C=C\C/C=C\C/C=C\C/C=C\C/C=C\C/C=C\CCCCC(=O)OC(CO)COC(=O)CCCCCCCCCCCCCCCCCCCCCCCCCCCC/C=C\C/C=C\C/C=C\C/C=C\CC. The molecule has 0 saturated heterocycles. The van der Waals surface area contributed by atoms with Crippen molar-refractivity contribution in [2.24, 2.45) is 0 Å². The van der Waals surface area contributed by atoms with E-state index in [0.717, 1.165) is 128 Å². The molecule has 1 atom stereocenters. The molecule has 0 heterocycles. The zero-order chi connectivity index (χ0) is 61.9. The van der Waals surface area contributed by atoms with E-state index in [9.17, 15) is 14.7 Å². The predicted molar refractivity (Wildman–Crippen MR) is 380 cm³/mol. The van der Waals surface area contributed by atoms with Crippen LogP contribution in [0.2, 0.25) is 0 Å². The highest BCUT2D eigenvalue weighted by atomic mass is 16.6. The Balaban J connectivity index is 3.54. The number of aliphatic hydroxyl groups is 1.